The molecule has 0 unspecified atom stereocenters. The molecular weight excluding hydrogens is 268 g/mol. The zero-order valence-electron chi connectivity index (χ0n) is 6.74. The van der Waals surface area contributed by atoms with Crippen LogP contribution in [-0.2, 0) is 5.33 Å². The van der Waals surface area contributed by atoms with E-state index in [0.717, 1.165) is 6.07 Å². The standard InChI is InChI=1S/C8H5BrF4O/c9-3-4-1-2-5(10)6(11)7(4)14-8(12)13/h1-2,8H,3H2. The molecule has 0 spiro atoms. The van der Waals surface area contributed by atoms with Crippen LogP contribution in [0.5, 0.6) is 5.75 Å². The van der Waals surface area contributed by atoms with Crippen molar-refractivity contribution in [2.24, 2.45) is 0 Å². The van der Waals surface area contributed by atoms with Crippen LogP contribution >= 0.6 is 15.9 Å². The molecule has 0 bridgehead atoms. The van der Waals surface area contributed by atoms with Crippen LogP contribution in [0.4, 0.5) is 17.6 Å². The van der Waals surface area contributed by atoms with Crippen molar-refractivity contribution in [3.63, 3.8) is 0 Å². The van der Waals surface area contributed by atoms with Crippen molar-refractivity contribution in [3.8, 4) is 5.75 Å². The van der Waals surface area contributed by atoms with Crippen molar-refractivity contribution < 1.29 is 22.3 Å². The monoisotopic (exact) mass is 272 g/mol. The van der Waals surface area contributed by atoms with Crippen LogP contribution in [0.1, 0.15) is 5.56 Å². The van der Waals surface area contributed by atoms with Crippen LogP contribution in [0.3, 0.4) is 0 Å². The van der Waals surface area contributed by atoms with Crippen molar-refractivity contribution >= 4 is 15.9 Å². The van der Waals surface area contributed by atoms with Crippen LogP contribution in [0.15, 0.2) is 12.1 Å². The average Bonchev–Trinajstić information content (AvgIpc) is 2.13. The van der Waals surface area contributed by atoms with Gasteiger partial charge in [-0.1, -0.05) is 22.0 Å². The molecule has 6 heteroatoms. The SMILES string of the molecule is Fc1ccc(CBr)c(OC(F)F)c1F. The van der Waals surface area contributed by atoms with Crippen molar-refractivity contribution in [2.75, 3.05) is 0 Å². The largest absolute Gasteiger partial charge is 0.431 e. The predicted octanol–water partition coefficient (Wildman–Crippen LogP) is 3.46. The molecule has 0 fully saturated rings. The second-order valence-electron chi connectivity index (χ2n) is 2.36. The number of ether oxygens (including phenoxy) is 1. The minimum absolute atomic E-state index is 0.103. The molecule has 0 N–H and O–H groups in total. The average molecular weight is 273 g/mol. The zero-order chi connectivity index (χ0) is 10.7. The summed E-state index contributed by atoms with van der Waals surface area (Å²) in [7, 11) is 0. The predicted molar refractivity (Wildman–Crippen MR) is 45.6 cm³/mol. The van der Waals surface area contributed by atoms with Crippen molar-refractivity contribution in [2.45, 2.75) is 11.9 Å². The highest BCUT2D eigenvalue weighted by molar-refractivity contribution is 9.08. The Morgan fingerprint density at radius 2 is 1.93 bits per heavy atom. The highest BCUT2D eigenvalue weighted by Crippen LogP contribution is 2.28. The van der Waals surface area contributed by atoms with Gasteiger partial charge in [-0.15, -0.1) is 0 Å². The first-order chi connectivity index (χ1) is 6.56. The number of hydrogen-bond acceptors (Lipinski definition) is 1. The fourth-order valence-electron chi connectivity index (χ4n) is 0.894. The van der Waals surface area contributed by atoms with Crippen LogP contribution in [0, 0.1) is 11.6 Å². The second kappa shape index (κ2) is 4.63. The normalized spacial score (nSPS) is 10.7. The summed E-state index contributed by atoms with van der Waals surface area (Å²) in [5.41, 5.74) is 0.129. The van der Waals surface area contributed by atoms with Gasteiger partial charge >= 0.3 is 6.61 Å². The smallest absolute Gasteiger partial charge is 0.387 e. The van der Waals surface area contributed by atoms with Gasteiger partial charge in [-0.3, -0.25) is 0 Å². The molecule has 0 aromatic heterocycles. The van der Waals surface area contributed by atoms with E-state index < -0.39 is 24.0 Å². The summed E-state index contributed by atoms with van der Waals surface area (Å²) in [6.07, 6.45) is 0. The number of halogens is 5. The topological polar surface area (TPSA) is 9.23 Å². The highest BCUT2D eigenvalue weighted by Gasteiger charge is 2.17. The van der Waals surface area contributed by atoms with Crippen LogP contribution in [0.2, 0.25) is 0 Å². The number of benzene rings is 1. The molecule has 0 aliphatic heterocycles. The van der Waals surface area contributed by atoms with Crippen LogP contribution < -0.4 is 4.74 Å². The Bertz CT molecular complexity index is 329. The molecule has 0 atom stereocenters. The van der Waals surface area contributed by atoms with Gasteiger partial charge in [0.1, 0.15) is 0 Å². The van der Waals surface area contributed by atoms with Gasteiger partial charge in [0.2, 0.25) is 5.82 Å². The maximum absolute atomic E-state index is 13.0. The molecule has 0 radical (unpaired) electrons. The molecule has 0 amide bonds. The second-order valence-corrected chi connectivity index (χ2v) is 2.92. The van der Waals surface area contributed by atoms with Gasteiger partial charge in [0, 0.05) is 10.9 Å². The Labute approximate surface area is 85.8 Å². The number of rotatable bonds is 3. The molecular formula is C8H5BrF4O. The minimum atomic E-state index is -3.18. The molecule has 0 saturated carbocycles. The third-order valence-corrected chi connectivity index (χ3v) is 2.09. The lowest BCUT2D eigenvalue weighted by Crippen LogP contribution is -2.07. The van der Waals surface area contributed by atoms with Gasteiger partial charge in [-0.05, 0) is 6.07 Å². The molecule has 0 heterocycles. The van der Waals surface area contributed by atoms with Gasteiger partial charge in [0.05, 0.1) is 0 Å². The van der Waals surface area contributed by atoms with E-state index in [1.807, 2.05) is 0 Å². The van der Waals surface area contributed by atoms with E-state index in [2.05, 4.69) is 20.7 Å². The summed E-state index contributed by atoms with van der Waals surface area (Å²) >= 11 is 2.94. The van der Waals surface area contributed by atoms with E-state index in [1.54, 1.807) is 0 Å². The molecule has 1 nitrogen and oxygen atoms in total. The van der Waals surface area contributed by atoms with Gasteiger partial charge in [0.15, 0.2) is 11.6 Å². The maximum Gasteiger partial charge on any atom is 0.387 e. The van der Waals surface area contributed by atoms with Gasteiger partial charge < -0.3 is 4.74 Å². The zero-order valence-corrected chi connectivity index (χ0v) is 8.32. The summed E-state index contributed by atoms with van der Waals surface area (Å²) in [6, 6.07) is 2.02. The van der Waals surface area contributed by atoms with Crippen molar-refractivity contribution in [3.05, 3.63) is 29.3 Å². The third-order valence-electron chi connectivity index (χ3n) is 1.48. The van der Waals surface area contributed by atoms with Crippen LogP contribution in [-0.4, -0.2) is 6.61 Å². The molecule has 1 aromatic rings. The Hall–Kier alpha value is -0.780. The molecule has 0 aliphatic rings. The van der Waals surface area contributed by atoms with Gasteiger partial charge in [-0.2, -0.15) is 13.2 Å². The quantitative estimate of drug-likeness (QED) is 0.605. The van der Waals surface area contributed by atoms with E-state index in [-0.39, 0.29) is 10.9 Å². The fourth-order valence-corrected chi connectivity index (χ4v) is 1.34. The lowest BCUT2D eigenvalue weighted by molar-refractivity contribution is -0.0530. The molecule has 14 heavy (non-hydrogen) atoms. The fraction of sp³-hybridized carbons (Fsp3) is 0.250. The Kier molecular flexibility index (Phi) is 3.74. The summed E-state index contributed by atoms with van der Waals surface area (Å²) in [6.45, 7) is -3.18. The third kappa shape index (κ3) is 2.37. The van der Waals surface area contributed by atoms with Crippen molar-refractivity contribution in [1.29, 1.82) is 0 Å². The lowest BCUT2D eigenvalue weighted by atomic mass is 10.2. The lowest BCUT2D eigenvalue weighted by Gasteiger charge is -2.09. The summed E-state index contributed by atoms with van der Waals surface area (Å²) < 4.78 is 53.1. The minimum Gasteiger partial charge on any atom is -0.431 e. The molecule has 78 valence electrons. The Balaban J connectivity index is 3.14. The van der Waals surface area contributed by atoms with Crippen molar-refractivity contribution in [1.82, 2.24) is 0 Å². The van der Waals surface area contributed by atoms with E-state index in [0.29, 0.717) is 0 Å². The summed E-state index contributed by atoms with van der Waals surface area (Å²) in [5.74, 6) is -3.37. The van der Waals surface area contributed by atoms with Gasteiger partial charge in [0.25, 0.3) is 0 Å². The van der Waals surface area contributed by atoms with Crippen LogP contribution in [0.25, 0.3) is 0 Å². The van der Waals surface area contributed by atoms with E-state index >= 15 is 0 Å². The van der Waals surface area contributed by atoms with E-state index in [4.69, 9.17) is 0 Å². The first-order valence-corrected chi connectivity index (χ1v) is 4.66. The summed E-state index contributed by atoms with van der Waals surface area (Å²) in [5, 5.41) is 0.103. The van der Waals surface area contributed by atoms with E-state index in [1.165, 1.54) is 6.07 Å². The maximum atomic E-state index is 13.0. The molecule has 1 aromatic carbocycles. The number of alkyl halides is 3. The molecule has 1 rings (SSSR count). The highest BCUT2D eigenvalue weighted by atomic mass is 79.9. The number of hydrogen-bond donors (Lipinski definition) is 0. The Morgan fingerprint density at radius 3 is 2.43 bits per heavy atom. The van der Waals surface area contributed by atoms with E-state index in [9.17, 15) is 17.6 Å². The first kappa shape index (κ1) is 11.3. The molecule has 0 aliphatic carbocycles. The van der Waals surface area contributed by atoms with Gasteiger partial charge in [-0.25, -0.2) is 4.39 Å². The molecule has 0 saturated heterocycles. The first-order valence-electron chi connectivity index (χ1n) is 3.54. The Morgan fingerprint density at radius 1 is 1.29 bits per heavy atom. The summed E-state index contributed by atoms with van der Waals surface area (Å²) in [4.78, 5) is 0.